The average Bonchev–Trinajstić information content (AvgIpc) is 2.96. The summed E-state index contributed by atoms with van der Waals surface area (Å²) in [5.74, 6) is -0.150. The zero-order valence-electron chi connectivity index (χ0n) is 13.7. The Hall–Kier alpha value is -2.05. The van der Waals surface area contributed by atoms with Crippen LogP contribution in [0.25, 0.3) is 5.69 Å². The monoisotopic (exact) mass is 350 g/mol. The number of hydrogen-bond acceptors (Lipinski definition) is 3. The molecule has 0 bridgehead atoms. The second kappa shape index (κ2) is 7.68. The van der Waals surface area contributed by atoms with E-state index in [1.54, 1.807) is 4.90 Å². The van der Waals surface area contributed by atoms with E-state index >= 15 is 0 Å². The first-order chi connectivity index (χ1) is 11.1. The lowest BCUT2D eigenvalue weighted by atomic mass is 10.0. The molecule has 0 aliphatic carbocycles. The van der Waals surface area contributed by atoms with Gasteiger partial charge in [-0.05, 0) is 38.3 Å². The quantitative estimate of drug-likeness (QED) is 0.886. The number of carbonyl (C=O) groups is 1. The van der Waals surface area contributed by atoms with Crippen molar-refractivity contribution < 1.29 is 4.79 Å². The Morgan fingerprint density at radius 3 is 2.67 bits per heavy atom. The Morgan fingerprint density at radius 2 is 2.00 bits per heavy atom. The molecule has 130 valence electrons. The van der Waals surface area contributed by atoms with Crippen LogP contribution in [-0.4, -0.2) is 39.7 Å². The molecule has 2 aromatic rings. The first kappa shape index (κ1) is 18.3. The molecule has 3 N–H and O–H groups in total. The number of benzene rings is 1. The molecule has 1 atom stereocenters. The lowest BCUT2D eigenvalue weighted by Crippen LogP contribution is -2.47. The van der Waals surface area contributed by atoms with E-state index in [4.69, 9.17) is 5.73 Å². The van der Waals surface area contributed by atoms with Gasteiger partial charge in [-0.15, -0.1) is 12.4 Å². The van der Waals surface area contributed by atoms with Gasteiger partial charge in [-0.1, -0.05) is 17.7 Å². The molecule has 2 heterocycles. The van der Waals surface area contributed by atoms with Crippen LogP contribution in [0, 0.1) is 6.92 Å². The predicted octanol–water partition coefficient (Wildman–Crippen LogP) is 1.85. The van der Waals surface area contributed by atoms with E-state index in [1.165, 1.54) is 10.7 Å². The molecule has 1 aliphatic heterocycles. The van der Waals surface area contributed by atoms with Crippen LogP contribution in [0.1, 0.15) is 35.3 Å². The zero-order valence-corrected chi connectivity index (χ0v) is 14.5. The van der Waals surface area contributed by atoms with Gasteiger partial charge in [0.25, 0.3) is 11.5 Å². The summed E-state index contributed by atoms with van der Waals surface area (Å²) in [4.78, 5) is 26.7. The lowest BCUT2D eigenvalue weighted by molar-refractivity contribution is 0.0617. The molecule has 3 rings (SSSR count). The molecule has 0 saturated carbocycles. The van der Waals surface area contributed by atoms with E-state index in [-0.39, 0.29) is 29.9 Å². The lowest BCUT2D eigenvalue weighted by Gasteiger charge is -2.34. The molecule has 0 spiro atoms. The van der Waals surface area contributed by atoms with Crippen LogP contribution in [0.3, 0.4) is 0 Å². The van der Waals surface area contributed by atoms with Crippen molar-refractivity contribution in [3.05, 3.63) is 51.9 Å². The van der Waals surface area contributed by atoms with E-state index in [0.29, 0.717) is 24.5 Å². The number of amides is 1. The molecule has 0 radical (unpaired) electrons. The summed E-state index contributed by atoms with van der Waals surface area (Å²) >= 11 is 0. The largest absolute Gasteiger partial charge is 0.333 e. The number of H-pyrrole nitrogens is 1. The van der Waals surface area contributed by atoms with Gasteiger partial charge in [0, 0.05) is 25.2 Å². The van der Waals surface area contributed by atoms with Crippen molar-refractivity contribution in [1.82, 2.24) is 14.7 Å². The number of hydrogen-bond donors (Lipinski definition) is 2. The van der Waals surface area contributed by atoms with Gasteiger partial charge < -0.3 is 10.6 Å². The number of piperidine rings is 1. The average molecular weight is 351 g/mol. The molecule has 1 amide bonds. The van der Waals surface area contributed by atoms with Crippen molar-refractivity contribution >= 4 is 18.3 Å². The summed E-state index contributed by atoms with van der Waals surface area (Å²) in [6.45, 7) is 3.13. The maximum absolute atomic E-state index is 12.7. The van der Waals surface area contributed by atoms with E-state index in [1.807, 2.05) is 31.2 Å². The molecule has 24 heavy (non-hydrogen) atoms. The van der Waals surface area contributed by atoms with Crippen molar-refractivity contribution in [2.24, 2.45) is 5.73 Å². The molecule has 1 saturated heterocycles. The number of nitrogens with zero attached hydrogens (tertiary/aromatic N) is 2. The van der Waals surface area contributed by atoms with Crippen molar-refractivity contribution in [3.63, 3.8) is 0 Å². The SMILES string of the molecule is Cc1ccc(-n2[nH]c(C(=O)N3CCCCC3CN)cc2=O)cc1.Cl. The van der Waals surface area contributed by atoms with Crippen LogP contribution in [0.2, 0.25) is 0 Å². The van der Waals surface area contributed by atoms with Crippen LogP contribution < -0.4 is 11.3 Å². The van der Waals surface area contributed by atoms with Crippen LogP contribution in [0.4, 0.5) is 0 Å². The highest BCUT2D eigenvalue weighted by Gasteiger charge is 2.27. The molecule has 1 aliphatic rings. The summed E-state index contributed by atoms with van der Waals surface area (Å²) in [5, 5.41) is 2.93. The van der Waals surface area contributed by atoms with Gasteiger partial charge in [-0.25, -0.2) is 4.68 Å². The Labute approximate surface area is 147 Å². The first-order valence-electron chi connectivity index (χ1n) is 8.00. The number of aromatic nitrogens is 2. The third-order valence-electron chi connectivity index (χ3n) is 4.40. The van der Waals surface area contributed by atoms with Crippen molar-refractivity contribution in [2.45, 2.75) is 32.2 Å². The second-order valence-electron chi connectivity index (χ2n) is 6.06. The number of aryl methyl sites for hydroxylation is 1. The highest BCUT2D eigenvalue weighted by molar-refractivity contribution is 5.92. The van der Waals surface area contributed by atoms with E-state index < -0.39 is 0 Å². The van der Waals surface area contributed by atoms with E-state index in [0.717, 1.165) is 24.8 Å². The molecule has 1 aromatic carbocycles. The summed E-state index contributed by atoms with van der Waals surface area (Å²) in [6.07, 6.45) is 2.99. The molecule has 1 aromatic heterocycles. The van der Waals surface area contributed by atoms with Crippen LogP contribution >= 0.6 is 12.4 Å². The second-order valence-corrected chi connectivity index (χ2v) is 6.06. The van der Waals surface area contributed by atoms with Gasteiger partial charge in [0.1, 0.15) is 5.69 Å². The Morgan fingerprint density at radius 1 is 1.29 bits per heavy atom. The van der Waals surface area contributed by atoms with E-state index in [9.17, 15) is 9.59 Å². The highest BCUT2D eigenvalue weighted by atomic mass is 35.5. The van der Waals surface area contributed by atoms with Crippen molar-refractivity contribution in [3.8, 4) is 5.69 Å². The van der Waals surface area contributed by atoms with Gasteiger partial charge >= 0.3 is 0 Å². The Balaban J connectivity index is 0.00000208. The number of halogens is 1. The number of nitrogens with one attached hydrogen (secondary N) is 1. The van der Waals surface area contributed by atoms with Crippen molar-refractivity contribution in [1.29, 1.82) is 0 Å². The molecule has 1 fully saturated rings. The van der Waals surface area contributed by atoms with Gasteiger partial charge in [0.15, 0.2) is 0 Å². The maximum Gasteiger partial charge on any atom is 0.272 e. The van der Waals surface area contributed by atoms with Gasteiger partial charge in [-0.3, -0.25) is 14.7 Å². The minimum atomic E-state index is -0.237. The van der Waals surface area contributed by atoms with Crippen LogP contribution in [0.15, 0.2) is 35.1 Å². The van der Waals surface area contributed by atoms with Crippen LogP contribution in [-0.2, 0) is 0 Å². The summed E-state index contributed by atoms with van der Waals surface area (Å²) in [5.41, 5.74) is 7.69. The fourth-order valence-corrected chi connectivity index (χ4v) is 3.06. The molecular formula is C17H23ClN4O2. The maximum atomic E-state index is 12.7. The van der Waals surface area contributed by atoms with Gasteiger partial charge in [-0.2, -0.15) is 0 Å². The number of rotatable bonds is 3. The predicted molar refractivity (Wildman–Crippen MR) is 96.1 cm³/mol. The van der Waals surface area contributed by atoms with Gasteiger partial charge in [0.05, 0.1) is 5.69 Å². The van der Waals surface area contributed by atoms with Crippen molar-refractivity contribution in [2.75, 3.05) is 13.1 Å². The fraction of sp³-hybridized carbons (Fsp3) is 0.412. The molecule has 6 nitrogen and oxygen atoms in total. The molecular weight excluding hydrogens is 328 g/mol. The summed E-state index contributed by atoms with van der Waals surface area (Å²) < 4.78 is 1.40. The number of likely N-dealkylation sites (tertiary alicyclic amines) is 1. The standard InChI is InChI=1S/C17H22N4O2.ClH/c1-12-5-7-13(8-6-12)21-16(22)10-15(19-21)17(23)20-9-3-2-4-14(20)11-18;/h5-8,10,14,19H,2-4,9,11,18H2,1H3;1H. The minimum absolute atomic E-state index is 0. The Kier molecular flexibility index (Phi) is 5.85. The number of carbonyl (C=O) groups excluding carboxylic acids is 1. The molecule has 1 unspecified atom stereocenters. The zero-order chi connectivity index (χ0) is 16.4. The normalized spacial score (nSPS) is 17.4. The molecule has 7 heteroatoms. The smallest absolute Gasteiger partial charge is 0.272 e. The third-order valence-corrected chi connectivity index (χ3v) is 4.40. The van der Waals surface area contributed by atoms with Crippen LogP contribution in [0.5, 0.6) is 0 Å². The number of nitrogens with two attached hydrogens (primary N) is 1. The summed E-state index contributed by atoms with van der Waals surface area (Å²) in [7, 11) is 0. The van der Waals surface area contributed by atoms with E-state index in [2.05, 4.69) is 5.10 Å². The number of aromatic amines is 1. The minimum Gasteiger partial charge on any atom is -0.333 e. The topological polar surface area (TPSA) is 84.1 Å². The highest BCUT2D eigenvalue weighted by Crippen LogP contribution is 2.18. The Bertz CT molecular complexity index is 751. The summed E-state index contributed by atoms with van der Waals surface area (Å²) in [6, 6.07) is 8.99. The van der Waals surface area contributed by atoms with Gasteiger partial charge in [0.2, 0.25) is 0 Å². The fourth-order valence-electron chi connectivity index (χ4n) is 3.06. The third kappa shape index (κ3) is 3.55. The first-order valence-corrected chi connectivity index (χ1v) is 8.00.